The van der Waals surface area contributed by atoms with Crippen LogP contribution < -0.4 is 0 Å². The van der Waals surface area contributed by atoms with E-state index in [-0.39, 0.29) is 11.9 Å². The highest BCUT2D eigenvalue weighted by Gasteiger charge is 2.45. The summed E-state index contributed by atoms with van der Waals surface area (Å²) < 4.78 is 0. The molecule has 4 heteroatoms. The molecule has 3 atom stereocenters. The summed E-state index contributed by atoms with van der Waals surface area (Å²) in [5.74, 6) is 0.206. The number of fused-ring (bicyclic) bond motifs is 1. The van der Waals surface area contributed by atoms with Crippen LogP contribution in [0.2, 0.25) is 0 Å². The SMILES string of the molecule is CC(=O)N1[C@H](c2ccccc2)C[C@@H]2[C@@H]1CCCCN2Cc1ccncc1. The Kier molecular flexibility index (Phi) is 5.02. The summed E-state index contributed by atoms with van der Waals surface area (Å²) in [6.07, 6.45) is 8.28. The number of carbonyl (C=O) groups excluding carboxylic acids is 1. The number of benzene rings is 1. The molecular weight excluding hydrogens is 322 g/mol. The van der Waals surface area contributed by atoms with Crippen LogP contribution >= 0.6 is 0 Å². The molecule has 2 aliphatic heterocycles. The van der Waals surface area contributed by atoms with E-state index in [0.29, 0.717) is 12.1 Å². The molecule has 26 heavy (non-hydrogen) atoms. The van der Waals surface area contributed by atoms with Crippen molar-refractivity contribution in [3.63, 3.8) is 0 Å². The molecule has 2 fully saturated rings. The molecule has 2 aliphatic rings. The van der Waals surface area contributed by atoms with Gasteiger partial charge in [0.15, 0.2) is 0 Å². The van der Waals surface area contributed by atoms with Crippen LogP contribution in [0.15, 0.2) is 54.9 Å². The monoisotopic (exact) mass is 349 g/mol. The van der Waals surface area contributed by atoms with E-state index in [2.05, 4.69) is 51.2 Å². The summed E-state index contributed by atoms with van der Waals surface area (Å²) in [4.78, 5) is 21.5. The number of likely N-dealkylation sites (tertiary alicyclic amines) is 2. The molecule has 2 saturated heterocycles. The van der Waals surface area contributed by atoms with Crippen LogP contribution in [0.3, 0.4) is 0 Å². The van der Waals surface area contributed by atoms with Gasteiger partial charge < -0.3 is 4.90 Å². The van der Waals surface area contributed by atoms with E-state index in [1.54, 1.807) is 6.92 Å². The predicted molar refractivity (Wildman–Crippen MR) is 102 cm³/mol. The topological polar surface area (TPSA) is 36.4 Å². The van der Waals surface area contributed by atoms with Gasteiger partial charge in [-0.1, -0.05) is 36.8 Å². The molecule has 1 aromatic carbocycles. The van der Waals surface area contributed by atoms with Gasteiger partial charge in [-0.25, -0.2) is 0 Å². The first-order chi connectivity index (χ1) is 12.7. The van der Waals surface area contributed by atoms with Crippen molar-refractivity contribution in [2.45, 2.75) is 57.3 Å². The predicted octanol–water partition coefficient (Wildman–Crippen LogP) is 3.80. The Labute approximate surface area is 155 Å². The highest BCUT2D eigenvalue weighted by Crippen LogP contribution is 2.42. The number of aromatic nitrogens is 1. The van der Waals surface area contributed by atoms with Crippen molar-refractivity contribution in [2.24, 2.45) is 0 Å². The molecule has 4 nitrogen and oxygen atoms in total. The molecule has 0 radical (unpaired) electrons. The summed E-state index contributed by atoms with van der Waals surface area (Å²) in [6.45, 7) is 3.78. The minimum Gasteiger partial charge on any atom is -0.331 e. The van der Waals surface area contributed by atoms with Crippen LogP contribution in [-0.2, 0) is 11.3 Å². The van der Waals surface area contributed by atoms with E-state index < -0.39 is 0 Å². The second-order valence-corrected chi connectivity index (χ2v) is 7.54. The highest BCUT2D eigenvalue weighted by atomic mass is 16.2. The third kappa shape index (κ3) is 3.38. The lowest BCUT2D eigenvalue weighted by atomic mass is 10.0. The normalized spacial score (nSPS) is 26.3. The second-order valence-electron chi connectivity index (χ2n) is 7.54. The van der Waals surface area contributed by atoms with E-state index in [1.807, 2.05) is 18.5 Å². The zero-order valence-electron chi connectivity index (χ0n) is 15.4. The molecule has 1 aromatic heterocycles. The maximum absolute atomic E-state index is 12.6. The Morgan fingerprint density at radius 2 is 1.85 bits per heavy atom. The molecule has 4 rings (SSSR count). The Bertz CT molecular complexity index is 734. The Morgan fingerprint density at radius 3 is 2.58 bits per heavy atom. The summed E-state index contributed by atoms with van der Waals surface area (Å²) in [5.41, 5.74) is 2.57. The van der Waals surface area contributed by atoms with Crippen molar-refractivity contribution in [3.8, 4) is 0 Å². The number of nitrogens with zero attached hydrogens (tertiary/aromatic N) is 3. The van der Waals surface area contributed by atoms with Gasteiger partial charge in [0.25, 0.3) is 0 Å². The van der Waals surface area contributed by atoms with E-state index in [1.165, 1.54) is 24.0 Å². The summed E-state index contributed by atoms with van der Waals surface area (Å²) in [7, 11) is 0. The lowest BCUT2D eigenvalue weighted by molar-refractivity contribution is -0.132. The third-order valence-corrected chi connectivity index (χ3v) is 5.95. The van der Waals surface area contributed by atoms with Crippen LogP contribution in [0, 0.1) is 0 Å². The van der Waals surface area contributed by atoms with Gasteiger partial charge in [0, 0.05) is 37.9 Å². The average Bonchev–Trinajstić information content (AvgIpc) is 2.95. The highest BCUT2D eigenvalue weighted by molar-refractivity contribution is 5.75. The van der Waals surface area contributed by atoms with Gasteiger partial charge in [0.05, 0.1) is 6.04 Å². The number of hydrogen-bond acceptors (Lipinski definition) is 3. The Morgan fingerprint density at radius 1 is 1.08 bits per heavy atom. The molecule has 0 spiro atoms. The zero-order valence-corrected chi connectivity index (χ0v) is 15.4. The van der Waals surface area contributed by atoms with E-state index in [0.717, 1.165) is 25.9 Å². The van der Waals surface area contributed by atoms with Crippen LogP contribution in [0.1, 0.15) is 49.8 Å². The Balaban J connectivity index is 1.63. The quantitative estimate of drug-likeness (QED) is 0.846. The second kappa shape index (κ2) is 7.58. The number of rotatable bonds is 3. The minimum atomic E-state index is 0.196. The van der Waals surface area contributed by atoms with Gasteiger partial charge in [-0.3, -0.25) is 14.7 Å². The minimum absolute atomic E-state index is 0.196. The lowest BCUT2D eigenvalue weighted by Gasteiger charge is -2.33. The van der Waals surface area contributed by atoms with Gasteiger partial charge in [0.1, 0.15) is 0 Å². The van der Waals surface area contributed by atoms with Gasteiger partial charge in [-0.2, -0.15) is 0 Å². The van der Waals surface area contributed by atoms with Gasteiger partial charge >= 0.3 is 0 Å². The van der Waals surface area contributed by atoms with Crippen LogP contribution in [0.4, 0.5) is 0 Å². The fraction of sp³-hybridized carbons (Fsp3) is 0.455. The fourth-order valence-electron chi connectivity index (χ4n) is 4.82. The first kappa shape index (κ1) is 17.2. The molecule has 2 aromatic rings. The Hall–Kier alpha value is -2.20. The van der Waals surface area contributed by atoms with Crippen molar-refractivity contribution in [1.82, 2.24) is 14.8 Å². The van der Waals surface area contributed by atoms with Crippen molar-refractivity contribution in [2.75, 3.05) is 6.54 Å². The maximum atomic E-state index is 12.6. The van der Waals surface area contributed by atoms with E-state index in [9.17, 15) is 4.79 Å². The molecule has 1 amide bonds. The number of pyridine rings is 1. The third-order valence-electron chi connectivity index (χ3n) is 5.95. The van der Waals surface area contributed by atoms with Crippen molar-refractivity contribution in [3.05, 3.63) is 66.0 Å². The van der Waals surface area contributed by atoms with Crippen LogP contribution in [0.5, 0.6) is 0 Å². The molecule has 0 saturated carbocycles. The molecule has 136 valence electrons. The molecule has 0 aliphatic carbocycles. The van der Waals surface area contributed by atoms with Crippen LogP contribution in [-0.4, -0.2) is 39.3 Å². The number of carbonyl (C=O) groups is 1. The molecule has 0 N–H and O–H groups in total. The van der Waals surface area contributed by atoms with Crippen molar-refractivity contribution in [1.29, 1.82) is 0 Å². The molecule has 0 bridgehead atoms. The first-order valence-electron chi connectivity index (χ1n) is 9.71. The smallest absolute Gasteiger partial charge is 0.220 e. The maximum Gasteiger partial charge on any atom is 0.220 e. The van der Waals surface area contributed by atoms with Crippen LogP contribution in [0.25, 0.3) is 0 Å². The molecular formula is C22H27N3O. The zero-order chi connectivity index (χ0) is 17.9. The first-order valence-corrected chi connectivity index (χ1v) is 9.71. The average molecular weight is 349 g/mol. The molecule has 0 unspecified atom stereocenters. The van der Waals surface area contributed by atoms with Gasteiger partial charge in [-0.15, -0.1) is 0 Å². The number of amides is 1. The summed E-state index contributed by atoms with van der Waals surface area (Å²) >= 11 is 0. The molecule has 3 heterocycles. The summed E-state index contributed by atoms with van der Waals surface area (Å²) in [5, 5.41) is 0. The lowest BCUT2D eigenvalue weighted by Crippen LogP contribution is -2.45. The standard InChI is InChI=1S/C22H27N3O/c1-17(26)25-20-9-5-6-14-24(16-18-10-12-23-13-11-18)22(20)15-21(25)19-7-3-2-4-8-19/h2-4,7-8,10-13,20-22H,5-6,9,14-16H2,1H3/t20-,21-,22+/m0/s1. The van der Waals surface area contributed by atoms with Crippen molar-refractivity contribution >= 4 is 5.91 Å². The van der Waals surface area contributed by atoms with Gasteiger partial charge in [-0.05, 0) is 49.1 Å². The summed E-state index contributed by atoms with van der Waals surface area (Å²) in [6, 6.07) is 15.7. The fourth-order valence-corrected chi connectivity index (χ4v) is 4.82. The number of hydrogen-bond donors (Lipinski definition) is 0. The van der Waals surface area contributed by atoms with E-state index >= 15 is 0 Å². The van der Waals surface area contributed by atoms with Gasteiger partial charge in [0.2, 0.25) is 5.91 Å². The van der Waals surface area contributed by atoms with E-state index in [4.69, 9.17) is 0 Å². The largest absolute Gasteiger partial charge is 0.331 e. The van der Waals surface area contributed by atoms with Crippen molar-refractivity contribution < 1.29 is 4.79 Å².